The topological polar surface area (TPSA) is 72.7 Å². The summed E-state index contributed by atoms with van der Waals surface area (Å²) < 4.78 is 13.4. The van der Waals surface area contributed by atoms with Gasteiger partial charge in [-0.25, -0.2) is 9.98 Å². The zero-order valence-electron chi connectivity index (χ0n) is 17.3. The fraction of sp³-hybridized carbons (Fsp3) is 0.304. The molecule has 0 aliphatic rings. The van der Waals surface area contributed by atoms with Crippen LogP contribution in [0.25, 0.3) is 0 Å². The third-order valence-corrected chi connectivity index (χ3v) is 4.24. The average Bonchev–Trinajstić information content (AvgIpc) is 3.30. The summed E-state index contributed by atoms with van der Waals surface area (Å²) in [6, 6.07) is 17.6. The van der Waals surface area contributed by atoms with Crippen molar-refractivity contribution in [1.82, 2.24) is 20.2 Å². The maximum absolute atomic E-state index is 5.64. The molecule has 0 aliphatic heterocycles. The van der Waals surface area contributed by atoms with Gasteiger partial charge in [-0.2, -0.15) is 0 Å². The number of aliphatic imine (C=N–C) groups is 1. The van der Waals surface area contributed by atoms with Crippen LogP contribution in [-0.2, 0) is 13.1 Å². The Morgan fingerprint density at radius 1 is 0.967 bits per heavy atom. The SMILES string of the molecule is CCNC(=NCc1ccc(OCCOc2ccccc2)nc1)NCCn1cccc1. The monoisotopic (exact) mass is 407 g/mol. The summed E-state index contributed by atoms with van der Waals surface area (Å²) in [6.07, 6.45) is 5.89. The first-order valence-electron chi connectivity index (χ1n) is 10.2. The second-order valence-corrected chi connectivity index (χ2v) is 6.56. The molecule has 2 N–H and O–H groups in total. The molecule has 0 saturated heterocycles. The average molecular weight is 408 g/mol. The lowest BCUT2D eigenvalue weighted by Gasteiger charge is -2.12. The smallest absolute Gasteiger partial charge is 0.213 e. The Kier molecular flexibility index (Phi) is 8.61. The van der Waals surface area contributed by atoms with Crippen LogP contribution in [0.5, 0.6) is 11.6 Å². The van der Waals surface area contributed by atoms with Crippen molar-refractivity contribution in [3.63, 3.8) is 0 Å². The van der Waals surface area contributed by atoms with E-state index in [1.54, 1.807) is 6.20 Å². The summed E-state index contributed by atoms with van der Waals surface area (Å²) in [5.74, 6) is 2.21. The second-order valence-electron chi connectivity index (χ2n) is 6.56. The summed E-state index contributed by atoms with van der Waals surface area (Å²) in [4.78, 5) is 8.98. The van der Waals surface area contributed by atoms with Crippen molar-refractivity contribution < 1.29 is 9.47 Å². The van der Waals surface area contributed by atoms with E-state index < -0.39 is 0 Å². The molecule has 0 spiro atoms. The number of benzene rings is 1. The normalized spacial score (nSPS) is 11.2. The fourth-order valence-electron chi connectivity index (χ4n) is 2.75. The van der Waals surface area contributed by atoms with Crippen LogP contribution in [0.1, 0.15) is 12.5 Å². The van der Waals surface area contributed by atoms with Crippen LogP contribution in [0.4, 0.5) is 0 Å². The molecule has 158 valence electrons. The van der Waals surface area contributed by atoms with Gasteiger partial charge in [0, 0.05) is 44.3 Å². The van der Waals surface area contributed by atoms with Gasteiger partial charge in [0.15, 0.2) is 5.96 Å². The van der Waals surface area contributed by atoms with Gasteiger partial charge in [-0.15, -0.1) is 0 Å². The molecule has 3 rings (SSSR count). The van der Waals surface area contributed by atoms with Gasteiger partial charge in [0.05, 0.1) is 6.54 Å². The van der Waals surface area contributed by atoms with Crippen LogP contribution in [0.15, 0.2) is 78.2 Å². The molecule has 1 aromatic carbocycles. The Labute approximate surface area is 177 Å². The van der Waals surface area contributed by atoms with Gasteiger partial charge < -0.3 is 24.7 Å². The molecule has 2 aromatic heterocycles. The highest BCUT2D eigenvalue weighted by molar-refractivity contribution is 5.79. The van der Waals surface area contributed by atoms with Crippen molar-refractivity contribution >= 4 is 5.96 Å². The molecule has 0 unspecified atom stereocenters. The first kappa shape index (κ1) is 21.2. The van der Waals surface area contributed by atoms with Gasteiger partial charge in [0.1, 0.15) is 19.0 Å². The molecule has 0 fully saturated rings. The Hall–Kier alpha value is -3.48. The molecule has 30 heavy (non-hydrogen) atoms. The van der Waals surface area contributed by atoms with Crippen LogP contribution in [-0.4, -0.2) is 41.8 Å². The van der Waals surface area contributed by atoms with E-state index in [0.717, 1.165) is 36.9 Å². The minimum Gasteiger partial charge on any atom is -0.490 e. The number of nitrogens with zero attached hydrogens (tertiary/aromatic N) is 3. The zero-order valence-corrected chi connectivity index (χ0v) is 17.3. The van der Waals surface area contributed by atoms with Crippen LogP contribution >= 0.6 is 0 Å². The number of nitrogens with one attached hydrogen (secondary N) is 2. The number of aromatic nitrogens is 2. The van der Waals surface area contributed by atoms with E-state index in [2.05, 4.69) is 44.5 Å². The molecule has 0 aliphatic carbocycles. The van der Waals surface area contributed by atoms with Gasteiger partial charge in [-0.05, 0) is 36.8 Å². The largest absolute Gasteiger partial charge is 0.490 e. The molecule has 0 bridgehead atoms. The van der Waals surface area contributed by atoms with Gasteiger partial charge in [0.2, 0.25) is 5.88 Å². The van der Waals surface area contributed by atoms with Crippen molar-refractivity contribution in [2.24, 2.45) is 4.99 Å². The minimum absolute atomic E-state index is 0.440. The van der Waals surface area contributed by atoms with E-state index in [1.165, 1.54) is 0 Å². The van der Waals surface area contributed by atoms with Gasteiger partial charge >= 0.3 is 0 Å². The van der Waals surface area contributed by atoms with Crippen molar-refractivity contribution in [3.05, 3.63) is 78.8 Å². The zero-order chi connectivity index (χ0) is 20.9. The molecule has 7 nitrogen and oxygen atoms in total. The highest BCUT2D eigenvalue weighted by Gasteiger charge is 2.00. The molecule has 7 heteroatoms. The highest BCUT2D eigenvalue weighted by atomic mass is 16.5. The fourth-order valence-corrected chi connectivity index (χ4v) is 2.75. The van der Waals surface area contributed by atoms with Crippen LogP contribution < -0.4 is 20.1 Å². The Balaban J connectivity index is 1.40. The molecule has 0 radical (unpaired) electrons. The molecule has 0 atom stereocenters. The highest BCUT2D eigenvalue weighted by Crippen LogP contribution is 2.10. The summed E-state index contributed by atoms with van der Waals surface area (Å²) in [7, 11) is 0. The van der Waals surface area contributed by atoms with E-state index in [0.29, 0.717) is 25.6 Å². The third kappa shape index (κ3) is 7.50. The van der Waals surface area contributed by atoms with Crippen molar-refractivity contribution in [2.45, 2.75) is 20.0 Å². The number of pyridine rings is 1. The Morgan fingerprint density at radius 3 is 2.50 bits per heavy atom. The summed E-state index contributed by atoms with van der Waals surface area (Å²) >= 11 is 0. The first-order valence-corrected chi connectivity index (χ1v) is 10.2. The Bertz CT molecular complexity index is 864. The number of guanidine groups is 1. The number of ether oxygens (including phenoxy) is 2. The van der Waals surface area contributed by atoms with Gasteiger partial charge in [0.25, 0.3) is 0 Å². The lowest BCUT2D eigenvalue weighted by molar-refractivity contribution is 0.212. The lowest BCUT2D eigenvalue weighted by Crippen LogP contribution is -2.38. The maximum Gasteiger partial charge on any atom is 0.213 e. The summed E-state index contributed by atoms with van der Waals surface area (Å²) in [6.45, 7) is 6.01. The summed E-state index contributed by atoms with van der Waals surface area (Å²) in [5, 5.41) is 6.61. The quantitative estimate of drug-likeness (QED) is 0.290. The molecule has 0 amide bonds. The molecular weight excluding hydrogens is 378 g/mol. The van der Waals surface area contributed by atoms with E-state index in [9.17, 15) is 0 Å². The predicted molar refractivity (Wildman–Crippen MR) is 119 cm³/mol. The molecular formula is C23H29N5O2. The van der Waals surface area contributed by atoms with Crippen LogP contribution in [0, 0.1) is 0 Å². The van der Waals surface area contributed by atoms with Crippen molar-refractivity contribution in [1.29, 1.82) is 0 Å². The molecule has 3 aromatic rings. The summed E-state index contributed by atoms with van der Waals surface area (Å²) in [5.41, 5.74) is 1.02. The van der Waals surface area contributed by atoms with Crippen molar-refractivity contribution in [3.8, 4) is 11.6 Å². The lowest BCUT2D eigenvalue weighted by atomic mass is 10.3. The predicted octanol–water partition coefficient (Wildman–Crippen LogP) is 3.10. The second kappa shape index (κ2) is 12.2. The third-order valence-electron chi connectivity index (χ3n) is 4.24. The molecule has 0 saturated carbocycles. The number of hydrogen-bond donors (Lipinski definition) is 2. The van der Waals surface area contributed by atoms with Crippen molar-refractivity contribution in [2.75, 3.05) is 26.3 Å². The van der Waals surface area contributed by atoms with E-state index in [1.807, 2.05) is 54.6 Å². The Morgan fingerprint density at radius 2 is 1.77 bits per heavy atom. The standard InChI is InChI=1S/C23H29N5O2/c1-2-24-23(25-12-15-28-13-6-7-14-28)27-19-20-10-11-22(26-18-20)30-17-16-29-21-8-4-3-5-9-21/h3-11,13-14,18H,2,12,15-17,19H2,1H3,(H2,24,25,27). The number of hydrogen-bond acceptors (Lipinski definition) is 4. The van der Waals surface area contributed by atoms with Crippen LogP contribution in [0.3, 0.4) is 0 Å². The number of para-hydroxylation sites is 1. The number of rotatable bonds is 11. The van der Waals surface area contributed by atoms with E-state index in [-0.39, 0.29) is 0 Å². The van der Waals surface area contributed by atoms with E-state index >= 15 is 0 Å². The molecule has 2 heterocycles. The van der Waals surface area contributed by atoms with Gasteiger partial charge in [-0.3, -0.25) is 0 Å². The first-order chi connectivity index (χ1) is 14.8. The van der Waals surface area contributed by atoms with E-state index in [4.69, 9.17) is 9.47 Å². The maximum atomic E-state index is 5.64. The van der Waals surface area contributed by atoms with Crippen LogP contribution in [0.2, 0.25) is 0 Å². The van der Waals surface area contributed by atoms with Gasteiger partial charge in [-0.1, -0.05) is 24.3 Å². The minimum atomic E-state index is 0.440.